The topological polar surface area (TPSA) is 92.4 Å². The van der Waals surface area contributed by atoms with Gasteiger partial charge in [0.2, 0.25) is 0 Å². The van der Waals surface area contributed by atoms with Gasteiger partial charge in [-0.25, -0.2) is 4.98 Å². The zero-order valence-corrected chi connectivity index (χ0v) is 17.0. The van der Waals surface area contributed by atoms with Crippen LogP contribution in [0.1, 0.15) is 32.1 Å². The molecule has 0 spiro atoms. The second-order valence-electron chi connectivity index (χ2n) is 8.08. The summed E-state index contributed by atoms with van der Waals surface area (Å²) in [6, 6.07) is 12.0. The molecule has 7 heteroatoms. The summed E-state index contributed by atoms with van der Waals surface area (Å²) in [5.41, 5.74) is 5.29. The normalized spacial score (nSPS) is 15.0. The van der Waals surface area contributed by atoms with Gasteiger partial charge < -0.3 is 9.72 Å². The molecule has 2 N–H and O–H groups in total. The fraction of sp³-hybridized carbons (Fsp3) is 0.250. The van der Waals surface area contributed by atoms with E-state index in [9.17, 15) is 0 Å². The maximum atomic E-state index is 6.19. The van der Waals surface area contributed by atoms with E-state index in [1.165, 1.54) is 19.3 Å². The van der Waals surface area contributed by atoms with Crippen LogP contribution in [-0.2, 0) is 0 Å². The van der Waals surface area contributed by atoms with Crippen molar-refractivity contribution >= 4 is 21.9 Å². The number of para-hydroxylation sites is 2. The molecule has 1 aliphatic carbocycles. The van der Waals surface area contributed by atoms with Gasteiger partial charge in [0, 0.05) is 17.1 Å². The molecule has 1 aromatic carbocycles. The molecule has 4 aromatic heterocycles. The van der Waals surface area contributed by atoms with E-state index in [4.69, 9.17) is 9.72 Å². The van der Waals surface area contributed by atoms with Crippen LogP contribution >= 0.6 is 0 Å². The molecular formula is C24H22N6O. The third kappa shape index (κ3) is 3.42. The first kappa shape index (κ1) is 18.1. The fourth-order valence-corrected chi connectivity index (χ4v) is 4.32. The van der Waals surface area contributed by atoms with Crippen molar-refractivity contribution in [2.24, 2.45) is 0 Å². The average Bonchev–Trinajstić information content (AvgIpc) is 3.43. The highest BCUT2D eigenvalue weighted by molar-refractivity contribution is 5.94. The van der Waals surface area contributed by atoms with Crippen LogP contribution in [0.4, 0.5) is 0 Å². The van der Waals surface area contributed by atoms with E-state index < -0.39 is 0 Å². The monoisotopic (exact) mass is 410 g/mol. The number of benzene rings is 1. The molecule has 1 aliphatic rings. The lowest BCUT2D eigenvalue weighted by atomic mass is 9.98. The Hall–Kier alpha value is -3.74. The lowest BCUT2D eigenvalue weighted by molar-refractivity contribution is 0.154. The van der Waals surface area contributed by atoms with Crippen molar-refractivity contribution in [3.05, 3.63) is 55.0 Å². The third-order valence-electron chi connectivity index (χ3n) is 5.92. The summed E-state index contributed by atoms with van der Waals surface area (Å²) >= 11 is 0. The molecule has 6 rings (SSSR count). The van der Waals surface area contributed by atoms with Crippen molar-refractivity contribution in [1.82, 2.24) is 30.1 Å². The zero-order chi connectivity index (χ0) is 20.6. The minimum atomic E-state index is 0.287. The molecule has 31 heavy (non-hydrogen) atoms. The molecule has 7 nitrogen and oxygen atoms in total. The molecule has 0 aliphatic heterocycles. The van der Waals surface area contributed by atoms with E-state index >= 15 is 0 Å². The van der Waals surface area contributed by atoms with Gasteiger partial charge in [-0.05, 0) is 49.9 Å². The van der Waals surface area contributed by atoms with E-state index in [0.29, 0.717) is 0 Å². The number of aromatic nitrogens is 6. The summed E-state index contributed by atoms with van der Waals surface area (Å²) < 4.78 is 6.19. The SMILES string of the molecule is c1ccc2[nH]c(-c3n[nH]c4cnc(-c5cncc(OC6CCCCC6)c5)cc34)nc2c1. The number of nitrogens with zero attached hydrogens (tertiary/aromatic N) is 4. The molecule has 5 aromatic rings. The van der Waals surface area contributed by atoms with Gasteiger partial charge in [0.25, 0.3) is 0 Å². The van der Waals surface area contributed by atoms with Crippen molar-refractivity contribution in [2.75, 3.05) is 0 Å². The highest BCUT2D eigenvalue weighted by Crippen LogP contribution is 2.30. The van der Waals surface area contributed by atoms with Gasteiger partial charge in [0.05, 0.1) is 40.7 Å². The number of rotatable bonds is 4. The Morgan fingerprint density at radius 3 is 2.74 bits per heavy atom. The van der Waals surface area contributed by atoms with Crippen LogP contribution in [0.15, 0.2) is 55.0 Å². The third-order valence-corrected chi connectivity index (χ3v) is 5.92. The van der Waals surface area contributed by atoms with E-state index in [1.54, 1.807) is 12.4 Å². The standard InChI is InChI=1S/C24H22N6O/c1-2-6-16(7-3-1)31-17-10-15(12-25-13-17)21-11-18-22(14-26-21)29-30-23(18)24-27-19-8-4-5-9-20(19)28-24/h4-5,8-14,16H,1-3,6-7H2,(H,27,28)(H,29,30). The molecular weight excluding hydrogens is 388 g/mol. The molecule has 0 amide bonds. The second kappa shape index (κ2) is 7.50. The minimum Gasteiger partial charge on any atom is -0.489 e. The van der Waals surface area contributed by atoms with Crippen molar-refractivity contribution in [2.45, 2.75) is 38.2 Å². The van der Waals surface area contributed by atoms with Crippen molar-refractivity contribution in [3.8, 4) is 28.5 Å². The molecule has 1 saturated carbocycles. The van der Waals surface area contributed by atoms with Gasteiger partial charge in [0.1, 0.15) is 11.4 Å². The smallest absolute Gasteiger partial charge is 0.159 e. The molecule has 154 valence electrons. The largest absolute Gasteiger partial charge is 0.489 e. The number of aromatic amines is 2. The number of ether oxygens (including phenoxy) is 1. The summed E-state index contributed by atoms with van der Waals surface area (Å²) in [6.07, 6.45) is 11.7. The molecule has 0 atom stereocenters. The lowest BCUT2D eigenvalue weighted by Gasteiger charge is -2.22. The van der Waals surface area contributed by atoms with E-state index in [-0.39, 0.29) is 6.10 Å². The Labute approximate surface area is 178 Å². The lowest BCUT2D eigenvalue weighted by Crippen LogP contribution is -2.19. The summed E-state index contributed by atoms with van der Waals surface area (Å²) in [5, 5.41) is 8.51. The summed E-state index contributed by atoms with van der Waals surface area (Å²) in [7, 11) is 0. The Morgan fingerprint density at radius 1 is 0.935 bits per heavy atom. The Balaban J connectivity index is 1.36. The molecule has 0 bridgehead atoms. The van der Waals surface area contributed by atoms with Gasteiger partial charge in [0.15, 0.2) is 5.82 Å². The van der Waals surface area contributed by atoms with Gasteiger partial charge in [-0.2, -0.15) is 5.10 Å². The fourth-order valence-electron chi connectivity index (χ4n) is 4.32. The molecule has 0 unspecified atom stereocenters. The number of hydrogen-bond donors (Lipinski definition) is 2. The van der Waals surface area contributed by atoms with Crippen LogP contribution in [-0.4, -0.2) is 36.2 Å². The maximum Gasteiger partial charge on any atom is 0.159 e. The quantitative estimate of drug-likeness (QED) is 0.421. The van der Waals surface area contributed by atoms with Crippen LogP contribution in [0, 0.1) is 0 Å². The number of hydrogen-bond acceptors (Lipinski definition) is 5. The van der Waals surface area contributed by atoms with Gasteiger partial charge >= 0.3 is 0 Å². The first-order valence-corrected chi connectivity index (χ1v) is 10.7. The number of H-pyrrole nitrogens is 2. The molecule has 1 fully saturated rings. The Morgan fingerprint density at radius 2 is 1.84 bits per heavy atom. The van der Waals surface area contributed by atoms with Crippen molar-refractivity contribution < 1.29 is 4.74 Å². The van der Waals surface area contributed by atoms with Gasteiger partial charge in [-0.1, -0.05) is 18.6 Å². The van der Waals surface area contributed by atoms with E-state index in [2.05, 4.69) is 25.1 Å². The Bertz CT molecular complexity index is 1330. The number of pyridine rings is 2. The van der Waals surface area contributed by atoms with Gasteiger partial charge in [-0.3, -0.25) is 15.1 Å². The summed E-state index contributed by atoms with van der Waals surface area (Å²) in [6.45, 7) is 0. The average molecular weight is 410 g/mol. The van der Waals surface area contributed by atoms with Crippen molar-refractivity contribution in [1.29, 1.82) is 0 Å². The Kier molecular flexibility index (Phi) is 4.37. The van der Waals surface area contributed by atoms with E-state index in [0.717, 1.165) is 63.3 Å². The van der Waals surface area contributed by atoms with Crippen molar-refractivity contribution in [3.63, 3.8) is 0 Å². The van der Waals surface area contributed by atoms with Crippen LogP contribution < -0.4 is 4.74 Å². The predicted octanol–water partition coefficient (Wildman–Crippen LogP) is 5.27. The number of imidazole rings is 1. The first-order chi connectivity index (χ1) is 15.3. The molecule has 4 heterocycles. The summed E-state index contributed by atoms with van der Waals surface area (Å²) in [5.74, 6) is 1.54. The highest BCUT2D eigenvalue weighted by Gasteiger charge is 2.17. The second-order valence-corrected chi connectivity index (χ2v) is 8.08. The molecule has 0 radical (unpaired) electrons. The van der Waals surface area contributed by atoms with E-state index in [1.807, 2.05) is 42.6 Å². The maximum absolute atomic E-state index is 6.19. The number of fused-ring (bicyclic) bond motifs is 2. The van der Waals surface area contributed by atoms with Crippen LogP contribution in [0.25, 0.3) is 44.7 Å². The predicted molar refractivity (Wildman–Crippen MR) is 120 cm³/mol. The van der Waals surface area contributed by atoms with Crippen LogP contribution in [0.2, 0.25) is 0 Å². The highest BCUT2D eigenvalue weighted by atomic mass is 16.5. The number of nitrogens with one attached hydrogen (secondary N) is 2. The van der Waals surface area contributed by atoms with Crippen LogP contribution in [0.3, 0.4) is 0 Å². The van der Waals surface area contributed by atoms with Gasteiger partial charge in [-0.15, -0.1) is 0 Å². The van der Waals surface area contributed by atoms with Crippen LogP contribution in [0.5, 0.6) is 5.75 Å². The molecule has 0 saturated heterocycles. The minimum absolute atomic E-state index is 0.287. The summed E-state index contributed by atoms with van der Waals surface area (Å²) in [4.78, 5) is 17.1. The first-order valence-electron chi connectivity index (χ1n) is 10.7. The zero-order valence-electron chi connectivity index (χ0n) is 17.0.